The molecule has 1 fully saturated rings. The van der Waals surface area contributed by atoms with Crippen molar-refractivity contribution < 1.29 is 18.0 Å². The van der Waals surface area contributed by atoms with Crippen LogP contribution in [0.1, 0.15) is 29.0 Å². The molecule has 1 amide bonds. The van der Waals surface area contributed by atoms with Crippen LogP contribution in [0.15, 0.2) is 18.5 Å². The van der Waals surface area contributed by atoms with Gasteiger partial charge in [-0.25, -0.2) is 9.97 Å². The molecule has 2 aromatic heterocycles. The molecule has 0 saturated carbocycles. The summed E-state index contributed by atoms with van der Waals surface area (Å²) in [5.74, 6) is -0.144. The molecule has 2 aromatic rings. The molecule has 0 unspecified atom stereocenters. The van der Waals surface area contributed by atoms with Crippen LogP contribution in [0.5, 0.6) is 0 Å². The van der Waals surface area contributed by atoms with E-state index < -0.39 is 18.6 Å². The summed E-state index contributed by atoms with van der Waals surface area (Å²) in [4.78, 5) is 20.2. The van der Waals surface area contributed by atoms with E-state index in [0.29, 0.717) is 12.5 Å². The molecule has 0 bridgehead atoms. The molecule has 1 aliphatic rings. The zero-order valence-corrected chi connectivity index (χ0v) is 16.3. The van der Waals surface area contributed by atoms with Gasteiger partial charge in [0.15, 0.2) is 17.2 Å². The van der Waals surface area contributed by atoms with Gasteiger partial charge in [0.25, 0.3) is 5.91 Å². The van der Waals surface area contributed by atoms with Crippen LogP contribution in [-0.4, -0.2) is 58.4 Å². The third-order valence-corrected chi connectivity index (χ3v) is 4.52. The second-order valence-corrected chi connectivity index (χ2v) is 6.89. The van der Waals surface area contributed by atoms with Gasteiger partial charge in [0.1, 0.15) is 18.4 Å². The molecule has 4 N–H and O–H groups in total. The first-order valence-electron chi connectivity index (χ1n) is 9.50. The summed E-state index contributed by atoms with van der Waals surface area (Å²) < 4.78 is 37.4. The Bertz CT molecular complexity index is 938. The predicted molar refractivity (Wildman–Crippen MR) is 105 cm³/mol. The summed E-state index contributed by atoms with van der Waals surface area (Å²) in [5.41, 5.74) is 0.143. The highest BCUT2D eigenvalue weighted by Crippen LogP contribution is 2.21. The molecule has 164 valence electrons. The van der Waals surface area contributed by atoms with Crippen molar-refractivity contribution in [3.8, 4) is 6.07 Å². The average molecular weight is 435 g/mol. The number of hydrogen-bond donors (Lipinski definition) is 4. The fourth-order valence-electron chi connectivity index (χ4n) is 2.94. The Hall–Kier alpha value is -3.53. The van der Waals surface area contributed by atoms with E-state index in [2.05, 4.69) is 36.1 Å². The Morgan fingerprint density at radius 1 is 1.19 bits per heavy atom. The van der Waals surface area contributed by atoms with Gasteiger partial charge in [0, 0.05) is 12.6 Å². The van der Waals surface area contributed by atoms with Crippen molar-refractivity contribution in [2.45, 2.75) is 19.0 Å². The molecule has 0 atom stereocenters. The smallest absolute Gasteiger partial charge is 0.383 e. The largest absolute Gasteiger partial charge is 0.405 e. The molecule has 0 radical (unpaired) electrons. The minimum atomic E-state index is -4.54. The molecular formula is C18H20F3N9O. The molecule has 13 heteroatoms. The van der Waals surface area contributed by atoms with E-state index in [9.17, 15) is 18.0 Å². The number of carbonyl (C=O) groups excluding carboxylic acids is 1. The normalized spacial score (nSPS) is 14.5. The molecule has 1 saturated heterocycles. The van der Waals surface area contributed by atoms with Gasteiger partial charge in [-0.15, -0.1) is 10.2 Å². The van der Waals surface area contributed by atoms with Gasteiger partial charge in [-0.2, -0.15) is 18.4 Å². The van der Waals surface area contributed by atoms with Crippen molar-refractivity contribution in [2.75, 3.05) is 36.8 Å². The highest BCUT2D eigenvalue weighted by Gasteiger charge is 2.29. The fraction of sp³-hybridized carbons (Fsp3) is 0.444. The number of amides is 1. The van der Waals surface area contributed by atoms with Crippen LogP contribution >= 0.6 is 0 Å². The highest BCUT2D eigenvalue weighted by atomic mass is 19.4. The van der Waals surface area contributed by atoms with E-state index in [-0.39, 0.29) is 28.7 Å². The van der Waals surface area contributed by atoms with Crippen LogP contribution in [0, 0.1) is 17.2 Å². The Labute approximate surface area is 175 Å². The average Bonchev–Trinajstić information content (AvgIpc) is 2.77. The monoisotopic (exact) mass is 435 g/mol. The zero-order chi connectivity index (χ0) is 22.3. The minimum Gasteiger partial charge on any atom is -0.383 e. The molecule has 0 aromatic carbocycles. The topological polar surface area (TPSA) is 141 Å². The van der Waals surface area contributed by atoms with E-state index in [4.69, 9.17) is 5.26 Å². The van der Waals surface area contributed by atoms with Crippen molar-refractivity contribution in [2.24, 2.45) is 5.92 Å². The Kier molecular flexibility index (Phi) is 7.14. The minimum absolute atomic E-state index is 0.137. The third kappa shape index (κ3) is 6.75. The van der Waals surface area contributed by atoms with Crippen LogP contribution in [0.3, 0.4) is 0 Å². The third-order valence-electron chi connectivity index (χ3n) is 4.52. The number of nitrogens with zero attached hydrogens (tertiary/aromatic N) is 5. The van der Waals surface area contributed by atoms with Crippen LogP contribution in [0.2, 0.25) is 0 Å². The Morgan fingerprint density at radius 2 is 1.97 bits per heavy atom. The maximum Gasteiger partial charge on any atom is 0.405 e. The quantitative estimate of drug-likeness (QED) is 0.510. The standard InChI is InChI=1S/C18H20F3N9O/c19-18(20,21)10-27-17(31)16-13(25-7-11-1-3-23-4-2-11)5-14(29-30-16)28-15-9-24-12(6-22)8-26-15/h5,8-9,11,23H,1-4,7,10H2,(H,27,31)(H2,25,26,28,29). The SMILES string of the molecule is N#Cc1cnc(Nc2cc(NCC3CCNCC3)c(C(=O)NCC(F)(F)F)nn2)cn1. The molecular weight excluding hydrogens is 415 g/mol. The van der Waals surface area contributed by atoms with E-state index in [1.165, 1.54) is 18.5 Å². The van der Waals surface area contributed by atoms with Crippen LogP contribution in [0.4, 0.5) is 30.5 Å². The number of nitrogens with one attached hydrogen (secondary N) is 4. The van der Waals surface area contributed by atoms with Crippen LogP contribution in [0.25, 0.3) is 0 Å². The lowest BCUT2D eigenvalue weighted by molar-refractivity contribution is -0.123. The van der Waals surface area contributed by atoms with Gasteiger partial charge < -0.3 is 21.3 Å². The zero-order valence-electron chi connectivity index (χ0n) is 16.3. The van der Waals surface area contributed by atoms with Gasteiger partial charge in [-0.3, -0.25) is 4.79 Å². The van der Waals surface area contributed by atoms with E-state index in [1.807, 2.05) is 11.4 Å². The Morgan fingerprint density at radius 3 is 2.61 bits per heavy atom. The molecule has 3 rings (SSSR count). The number of carbonyl (C=O) groups is 1. The summed E-state index contributed by atoms with van der Waals surface area (Å²) in [7, 11) is 0. The lowest BCUT2D eigenvalue weighted by Gasteiger charge is -2.23. The molecule has 0 aliphatic carbocycles. The van der Waals surface area contributed by atoms with Gasteiger partial charge >= 0.3 is 6.18 Å². The molecule has 31 heavy (non-hydrogen) atoms. The second kappa shape index (κ2) is 9.98. The summed E-state index contributed by atoms with van der Waals surface area (Å²) in [6, 6.07) is 3.32. The van der Waals surface area contributed by atoms with Gasteiger partial charge in [0.05, 0.1) is 18.1 Å². The van der Waals surface area contributed by atoms with Gasteiger partial charge in [0.2, 0.25) is 0 Å². The number of nitriles is 1. The molecule has 3 heterocycles. The first kappa shape index (κ1) is 22.2. The maximum atomic E-state index is 12.5. The number of halogens is 3. The summed E-state index contributed by atoms with van der Waals surface area (Å²) in [6.45, 7) is 0.819. The van der Waals surface area contributed by atoms with Crippen molar-refractivity contribution in [3.05, 3.63) is 29.8 Å². The molecule has 1 aliphatic heterocycles. The lowest BCUT2D eigenvalue weighted by atomic mass is 9.98. The molecule has 10 nitrogen and oxygen atoms in total. The van der Waals surface area contributed by atoms with Crippen LogP contribution in [-0.2, 0) is 0 Å². The fourth-order valence-corrected chi connectivity index (χ4v) is 2.94. The predicted octanol–water partition coefficient (Wildman–Crippen LogP) is 1.59. The van der Waals surface area contributed by atoms with E-state index in [1.54, 1.807) is 0 Å². The highest BCUT2D eigenvalue weighted by molar-refractivity contribution is 5.97. The van der Waals surface area contributed by atoms with Crippen LogP contribution < -0.4 is 21.3 Å². The summed E-state index contributed by atoms with van der Waals surface area (Å²) in [5, 5.41) is 27.5. The van der Waals surface area contributed by atoms with E-state index >= 15 is 0 Å². The number of piperidine rings is 1. The first-order chi connectivity index (χ1) is 14.8. The van der Waals surface area contributed by atoms with Gasteiger partial charge in [-0.1, -0.05) is 0 Å². The van der Waals surface area contributed by atoms with Crippen molar-refractivity contribution in [3.63, 3.8) is 0 Å². The number of rotatable bonds is 7. The summed E-state index contributed by atoms with van der Waals surface area (Å²) >= 11 is 0. The second-order valence-electron chi connectivity index (χ2n) is 6.89. The lowest BCUT2D eigenvalue weighted by Crippen LogP contribution is -2.35. The molecule has 0 spiro atoms. The van der Waals surface area contributed by atoms with Gasteiger partial charge in [-0.05, 0) is 31.8 Å². The van der Waals surface area contributed by atoms with Crippen molar-refractivity contribution >= 4 is 23.2 Å². The number of anilines is 3. The number of aromatic nitrogens is 4. The Balaban J connectivity index is 1.77. The first-order valence-corrected chi connectivity index (χ1v) is 9.50. The number of alkyl halides is 3. The van der Waals surface area contributed by atoms with Crippen molar-refractivity contribution in [1.29, 1.82) is 5.26 Å². The number of hydrogen-bond acceptors (Lipinski definition) is 9. The van der Waals surface area contributed by atoms with Crippen molar-refractivity contribution in [1.82, 2.24) is 30.8 Å². The van der Waals surface area contributed by atoms with E-state index in [0.717, 1.165) is 25.9 Å². The maximum absolute atomic E-state index is 12.5. The summed E-state index contributed by atoms with van der Waals surface area (Å²) in [6.07, 6.45) is -0.0705.